The molecule has 0 saturated carbocycles. The van der Waals surface area contributed by atoms with Gasteiger partial charge < -0.3 is 10.1 Å². The number of thiazole rings is 1. The largest absolute Gasteiger partial charge is 0.492 e. The highest BCUT2D eigenvalue weighted by atomic mass is 79.9. The minimum Gasteiger partial charge on any atom is -0.492 e. The van der Waals surface area contributed by atoms with Crippen molar-refractivity contribution in [1.82, 2.24) is 9.88 Å². The van der Waals surface area contributed by atoms with Crippen molar-refractivity contribution < 1.29 is 9.53 Å². The minimum absolute atomic E-state index is 0.0438. The number of piperidine rings is 1. The molecule has 0 aliphatic carbocycles. The van der Waals surface area contributed by atoms with Gasteiger partial charge in [0.2, 0.25) is 5.91 Å². The van der Waals surface area contributed by atoms with E-state index < -0.39 is 0 Å². The first-order valence-electron chi connectivity index (χ1n) is 9.58. The van der Waals surface area contributed by atoms with Gasteiger partial charge in [-0.2, -0.15) is 0 Å². The van der Waals surface area contributed by atoms with Gasteiger partial charge in [-0.05, 0) is 50.9 Å². The zero-order valence-electron chi connectivity index (χ0n) is 15.9. The third-order valence-corrected chi connectivity index (χ3v) is 6.49. The smallest absolute Gasteiger partial charge is 0.226 e. The zero-order valence-corrected chi connectivity index (χ0v) is 19.1. The number of hydrogen-bond acceptors (Lipinski definition) is 5. The number of carbonyl (C=O) groups is 1. The standard InChI is InChI=1S/C20H25BrClN3O2S/c1-14-5-2-3-9-25(14)13-16-12-23-20(28-16)24-19(26)6-4-10-27-18-8-7-15(21)11-17(18)22/h7-8,11-12,14H,2-6,9-10,13H2,1H3,(H,23,24,26). The second-order valence-corrected chi connectivity index (χ2v) is 9.46. The van der Waals surface area contributed by atoms with Crippen LogP contribution in [-0.2, 0) is 11.3 Å². The Balaban J connectivity index is 1.38. The second kappa shape index (κ2) is 10.6. The predicted molar refractivity (Wildman–Crippen MR) is 118 cm³/mol. The summed E-state index contributed by atoms with van der Waals surface area (Å²) in [6.45, 7) is 4.77. The van der Waals surface area contributed by atoms with Crippen LogP contribution in [0.15, 0.2) is 28.9 Å². The van der Waals surface area contributed by atoms with Gasteiger partial charge >= 0.3 is 0 Å². The van der Waals surface area contributed by atoms with Crippen molar-refractivity contribution in [1.29, 1.82) is 0 Å². The Kier molecular flexibility index (Phi) is 8.14. The second-order valence-electron chi connectivity index (χ2n) is 7.02. The number of rotatable bonds is 8. The summed E-state index contributed by atoms with van der Waals surface area (Å²) in [7, 11) is 0. The molecule has 1 amide bonds. The van der Waals surface area contributed by atoms with E-state index in [2.05, 4.69) is 38.1 Å². The molecule has 5 nitrogen and oxygen atoms in total. The SMILES string of the molecule is CC1CCCCN1Cc1cnc(NC(=O)CCCOc2ccc(Br)cc2Cl)s1. The molecule has 0 spiro atoms. The summed E-state index contributed by atoms with van der Waals surface area (Å²) in [5.41, 5.74) is 0. The monoisotopic (exact) mass is 485 g/mol. The number of likely N-dealkylation sites (tertiary alicyclic amines) is 1. The maximum absolute atomic E-state index is 12.1. The van der Waals surface area contributed by atoms with Crippen LogP contribution in [0.1, 0.15) is 43.9 Å². The van der Waals surface area contributed by atoms with E-state index in [1.54, 1.807) is 17.4 Å². The summed E-state index contributed by atoms with van der Waals surface area (Å²) in [4.78, 5) is 20.2. The lowest BCUT2D eigenvalue weighted by atomic mass is 10.0. The quantitative estimate of drug-likeness (QED) is 0.484. The van der Waals surface area contributed by atoms with Crippen molar-refractivity contribution in [2.24, 2.45) is 0 Å². The summed E-state index contributed by atoms with van der Waals surface area (Å²) in [6.07, 6.45) is 6.71. The number of amides is 1. The van der Waals surface area contributed by atoms with Crippen LogP contribution >= 0.6 is 38.9 Å². The van der Waals surface area contributed by atoms with E-state index in [1.807, 2.05) is 18.3 Å². The van der Waals surface area contributed by atoms with Gasteiger partial charge in [-0.3, -0.25) is 9.69 Å². The Morgan fingerprint density at radius 2 is 2.32 bits per heavy atom. The average molecular weight is 487 g/mol. The molecule has 1 N–H and O–H groups in total. The van der Waals surface area contributed by atoms with Crippen molar-refractivity contribution in [3.8, 4) is 5.75 Å². The number of halogens is 2. The summed E-state index contributed by atoms with van der Waals surface area (Å²) < 4.78 is 6.54. The number of aromatic nitrogens is 1. The molecule has 2 heterocycles. The molecule has 3 rings (SSSR count). The highest BCUT2D eigenvalue weighted by Crippen LogP contribution is 2.28. The van der Waals surface area contributed by atoms with Crippen molar-refractivity contribution in [3.63, 3.8) is 0 Å². The summed E-state index contributed by atoms with van der Waals surface area (Å²) in [5.74, 6) is 0.583. The van der Waals surface area contributed by atoms with E-state index in [0.717, 1.165) is 17.6 Å². The lowest BCUT2D eigenvalue weighted by Crippen LogP contribution is -2.36. The van der Waals surface area contributed by atoms with Gasteiger partial charge in [0.15, 0.2) is 5.13 Å². The molecule has 1 atom stereocenters. The van der Waals surface area contributed by atoms with Crippen LogP contribution in [0.5, 0.6) is 5.75 Å². The number of hydrogen-bond donors (Lipinski definition) is 1. The minimum atomic E-state index is -0.0438. The van der Waals surface area contributed by atoms with Crippen LogP contribution in [-0.4, -0.2) is 35.0 Å². The molecule has 1 unspecified atom stereocenters. The van der Waals surface area contributed by atoms with Crippen molar-refractivity contribution in [2.45, 2.75) is 51.6 Å². The highest BCUT2D eigenvalue weighted by Gasteiger charge is 2.19. The number of anilines is 1. The van der Waals surface area contributed by atoms with E-state index >= 15 is 0 Å². The van der Waals surface area contributed by atoms with Crippen LogP contribution in [0.25, 0.3) is 0 Å². The maximum atomic E-state index is 12.1. The Morgan fingerprint density at radius 3 is 3.11 bits per heavy atom. The Hall–Kier alpha value is -1.15. The van der Waals surface area contributed by atoms with Gasteiger partial charge in [0.1, 0.15) is 5.75 Å². The number of benzene rings is 1. The van der Waals surface area contributed by atoms with Gasteiger partial charge in [0.05, 0.1) is 11.6 Å². The van der Waals surface area contributed by atoms with Gasteiger partial charge in [0, 0.05) is 34.6 Å². The number of nitrogens with one attached hydrogen (secondary N) is 1. The van der Waals surface area contributed by atoms with E-state index in [-0.39, 0.29) is 5.91 Å². The van der Waals surface area contributed by atoms with Crippen molar-refractivity contribution in [3.05, 3.63) is 38.8 Å². The molecule has 152 valence electrons. The first-order chi connectivity index (χ1) is 13.5. The molecule has 1 aromatic heterocycles. The first kappa shape index (κ1) is 21.6. The molecule has 8 heteroatoms. The molecule has 1 aliphatic heterocycles. The van der Waals surface area contributed by atoms with Crippen LogP contribution in [0.3, 0.4) is 0 Å². The van der Waals surface area contributed by atoms with E-state index in [4.69, 9.17) is 16.3 Å². The van der Waals surface area contributed by atoms with E-state index in [0.29, 0.717) is 41.4 Å². The lowest BCUT2D eigenvalue weighted by Gasteiger charge is -2.32. The van der Waals surface area contributed by atoms with Gasteiger partial charge in [-0.1, -0.05) is 34.0 Å². The van der Waals surface area contributed by atoms with Gasteiger partial charge in [-0.15, -0.1) is 11.3 Å². The van der Waals surface area contributed by atoms with Gasteiger partial charge in [0.25, 0.3) is 0 Å². The third-order valence-electron chi connectivity index (χ3n) is 4.80. The molecular formula is C20H25BrClN3O2S. The molecule has 0 bridgehead atoms. The fraction of sp³-hybridized carbons (Fsp3) is 0.500. The predicted octanol–water partition coefficient (Wildman–Crippen LogP) is 5.73. The van der Waals surface area contributed by atoms with Crippen LogP contribution < -0.4 is 10.1 Å². The van der Waals surface area contributed by atoms with E-state index in [9.17, 15) is 4.79 Å². The number of nitrogens with zero attached hydrogens (tertiary/aromatic N) is 2. The van der Waals surface area contributed by atoms with Crippen LogP contribution in [0, 0.1) is 0 Å². The summed E-state index contributed by atoms with van der Waals surface area (Å²) in [5, 5.41) is 4.11. The number of ether oxygens (including phenoxy) is 1. The molecule has 1 aromatic carbocycles. The molecular weight excluding hydrogens is 462 g/mol. The molecule has 28 heavy (non-hydrogen) atoms. The molecule has 1 saturated heterocycles. The zero-order chi connectivity index (χ0) is 19.9. The fourth-order valence-electron chi connectivity index (χ4n) is 3.22. The average Bonchev–Trinajstić information content (AvgIpc) is 3.09. The Morgan fingerprint density at radius 1 is 1.46 bits per heavy atom. The van der Waals surface area contributed by atoms with E-state index in [1.165, 1.54) is 24.1 Å². The maximum Gasteiger partial charge on any atom is 0.226 e. The van der Waals surface area contributed by atoms with Gasteiger partial charge in [-0.25, -0.2) is 4.98 Å². The first-order valence-corrected chi connectivity index (χ1v) is 11.6. The normalized spacial score (nSPS) is 17.5. The Bertz CT molecular complexity index is 802. The topological polar surface area (TPSA) is 54.5 Å². The third kappa shape index (κ3) is 6.44. The molecule has 2 aromatic rings. The van der Waals surface area contributed by atoms with Crippen molar-refractivity contribution in [2.75, 3.05) is 18.5 Å². The van der Waals surface area contributed by atoms with Crippen molar-refractivity contribution >= 4 is 49.9 Å². The molecule has 1 aliphatic rings. The van der Waals surface area contributed by atoms with Crippen LogP contribution in [0.4, 0.5) is 5.13 Å². The molecule has 0 radical (unpaired) electrons. The van der Waals surface area contributed by atoms with Crippen LogP contribution in [0.2, 0.25) is 5.02 Å². The number of carbonyl (C=O) groups excluding carboxylic acids is 1. The molecule has 1 fully saturated rings. The summed E-state index contributed by atoms with van der Waals surface area (Å²) in [6, 6.07) is 6.09. The Labute approximate surface area is 183 Å². The highest BCUT2D eigenvalue weighted by molar-refractivity contribution is 9.10. The fourth-order valence-corrected chi connectivity index (χ4v) is 4.80. The summed E-state index contributed by atoms with van der Waals surface area (Å²) >= 11 is 11.0. The lowest BCUT2D eigenvalue weighted by molar-refractivity contribution is -0.116.